The summed E-state index contributed by atoms with van der Waals surface area (Å²) in [6.45, 7) is 2.43. The van der Waals surface area contributed by atoms with Crippen LogP contribution in [0, 0.1) is 6.92 Å². The molecule has 0 unspecified atom stereocenters. The summed E-state index contributed by atoms with van der Waals surface area (Å²) in [6.07, 6.45) is 0.625. The molecule has 0 amide bonds. The van der Waals surface area contributed by atoms with E-state index in [2.05, 4.69) is 15.4 Å². The van der Waals surface area contributed by atoms with Crippen LogP contribution in [0.2, 0.25) is 5.02 Å². The van der Waals surface area contributed by atoms with Gasteiger partial charge in [0.05, 0.1) is 5.69 Å². The molecular weight excluding hydrogens is 226 g/mol. The first-order chi connectivity index (χ1) is 7.72. The van der Waals surface area contributed by atoms with Crippen LogP contribution in [0.1, 0.15) is 11.4 Å². The predicted molar refractivity (Wildman–Crippen MR) is 61.7 cm³/mol. The third-order valence-electron chi connectivity index (χ3n) is 2.28. The zero-order valence-corrected chi connectivity index (χ0v) is 9.65. The number of aromatic nitrogens is 4. The maximum Gasteiger partial charge on any atom is 0.176 e. The molecule has 0 aliphatic carbocycles. The van der Waals surface area contributed by atoms with Crippen molar-refractivity contribution in [1.82, 2.24) is 20.2 Å². The van der Waals surface area contributed by atoms with Gasteiger partial charge in [0.1, 0.15) is 0 Å². The quantitative estimate of drug-likeness (QED) is 0.869. The second-order valence-electron chi connectivity index (χ2n) is 3.42. The van der Waals surface area contributed by atoms with E-state index in [1.54, 1.807) is 0 Å². The lowest BCUT2D eigenvalue weighted by atomic mass is 10.2. The van der Waals surface area contributed by atoms with Gasteiger partial charge in [-0.15, -0.1) is 15.0 Å². The fourth-order valence-corrected chi connectivity index (χ4v) is 1.56. The second-order valence-corrected chi connectivity index (χ2v) is 3.82. The Labute approximate surface area is 98.2 Å². The topological polar surface area (TPSA) is 69.6 Å². The van der Waals surface area contributed by atoms with Gasteiger partial charge in [0.25, 0.3) is 0 Å². The number of hydrogen-bond donors (Lipinski definition) is 1. The van der Waals surface area contributed by atoms with Crippen LogP contribution in [-0.2, 0) is 6.42 Å². The Morgan fingerprint density at radius 2 is 2.25 bits per heavy atom. The summed E-state index contributed by atoms with van der Waals surface area (Å²) in [7, 11) is 0. The molecule has 2 aromatic rings. The third-order valence-corrected chi connectivity index (χ3v) is 2.69. The van der Waals surface area contributed by atoms with Crippen molar-refractivity contribution < 1.29 is 0 Å². The van der Waals surface area contributed by atoms with Crippen LogP contribution in [0.5, 0.6) is 0 Å². The van der Waals surface area contributed by atoms with Crippen LogP contribution in [0.25, 0.3) is 5.69 Å². The normalized spacial score (nSPS) is 10.7. The van der Waals surface area contributed by atoms with Crippen LogP contribution in [-0.4, -0.2) is 26.8 Å². The summed E-state index contributed by atoms with van der Waals surface area (Å²) in [6, 6.07) is 5.59. The first-order valence-corrected chi connectivity index (χ1v) is 5.34. The summed E-state index contributed by atoms with van der Waals surface area (Å²) in [5, 5.41) is 12.8. The fraction of sp³-hybridized carbons (Fsp3) is 0.300. The Morgan fingerprint density at radius 1 is 1.44 bits per heavy atom. The molecule has 6 heteroatoms. The maximum absolute atomic E-state index is 6.02. The van der Waals surface area contributed by atoms with Crippen molar-refractivity contribution in [3.63, 3.8) is 0 Å². The van der Waals surface area contributed by atoms with Crippen LogP contribution in [0.15, 0.2) is 18.2 Å². The molecule has 0 saturated heterocycles. The Bertz CT molecular complexity index is 494. The zero-order valence-electron chi connectivity index (χ0n) is 8.89. The van der Waals surface area contributed by atoms with Gasteiger partial charge in [-0.1, -0.05) is 17.7 Å². The van der Waals surface area contributed by atoms with E-state index in [0.29, 0.717) is 23.8 Å². The molecule has 0 fully saturated rings. The number of halogens is 1. The summed E-state index contributed by atoms with van der Waals surface area (Å²) in [5.41, 5.74) is 7.19. The first-order valence-electron chi connectivity index (χ1n) is 4.97. The molecule has 1 aromatic carbocycles. The van der Waals surface area contributed by atoms with Crippen molar-refractivity contribution in [2.45, 2.75) is 13.3 Å². The molecule has 0 aliphatic heterocycles. The lowest BCUT2D eigenvalue weighted by Gasteiger charge is -2.04. The molecule has 2 N–H and O–H groups in total. The van der Waals surface area contributed by atoms with Crippen molar-refractivity contribution in [3.05, 3.63) is 34.6 Å². The van der Waals surface area contributed by atoms with Gasteiger partial charge in [0.2, 0.25) is 0 Å². The van der Waals surface area contributed by atoms with Crippen molar-refractivity contribution in [1.29, 1.82) is 0 Å². The molecule has 5 nitrogen and oxygen atoms in total. The second kappa shape index (κ2) is 4.59. The van der Waals surface area contributed by atoms with E-state index in [-0.39, 0.29) is 0 Å². The predicted octanol–water partition coefficient (Wildman–Crippen LogP) is 1.13. The molecule has 0 atom stereocenters. The van der Waals surface area contributed by atoms with E-state index in [1.807, 2.05) is 25.1 Å². The summed E-state index contributed by atoms with van der Waals surface area (Å²) in [4.78, 5) is 1.48. The number of nitrogens with zero attached hydrogens (tertiary/aromatic N) is 4. The number of tetrazole rings is 1. The maximum atomic E-state index is 6.02. The third kappa shape index (κ3) is 2.05. The molecule has 1 aromatic heterocycles. The minimum absolute atomic E-state index is 0.514. The van der Waals surface area contributed by atoms with Gasteiger partial charge in [0, 0.05) is 11.4 Å². The molecule has 2 rings (SSSR count). The standard InChI is InChI=1S/C10H12ClN5/c1-7-8(11)3-2-4-9(7)16-14-10(5-6-12)13-15-16/h2-4H,5-6,12H2,1H3. The number of hydrogen-bond acceptors (Lipinski definition) is 4. The highest BCUT2D eigenvalue weighted by Gasteiger charge is 2.08. The molecule has 16 heavy (non-hydrogen) atoms. The highest BCUT2D eigenvalue weighted by molar-refractivity contribution is 6.31. The Balaban J connectivity index is 2.39. The van der Waals surface area contributed by atoms with E-state index in [4.69, 9.17) is 17.3 Å². The monoisotopic (exact) mass is 237 g/mol. The van der Waals surface area contributed by atoms with E-state index < -0.39 is 0 Å². The fourth-order valence-electron chi connectivity index (χ4n) is 1.39. The van der Waals surface area contributed by atoms with Crippen LogP contribution in [0.3, 0.4) is 0 Å². The molecule has 0 radical (unpaired) electrons. The Hall–Kier alpha value is -1.46. The highest BCUT2D eigenvalue weighted by atomic mass is 35.5. The average Bonchev–Trinajstić information content (AvgIpc) is 2.71. The van der Waals surface area contributed by atoms with Crippen LogP contribution < -0.4 is 5.73 Å². The molecule has 0 aliphatic rings. The van der Waals surface area contributed by atoms with Gasteiger partial charge in [-0.05, 0) is 36.4 Å². The van der Waals surface area contributed by atoms with Crippen molar-refractivity contribution in [3.8, 4) is 5.69 Å². The zero-order chi connectivity index (χ0) is 11.5. The van der Waals surface area contributed by atoms with Gasteiger partial charge in [-0.3, -0.25) is 0 Å². The minimum atomic E-state index is 0.514. The average molecular weight is 238 g/mol. The van der Waals surface area contributed by atoms with Crippen molar-refractivity contribution in [2.75, 3.05) is 6.54 Å². The molecule has 0 spiro atoms. The molecule has 0 saturated carbocycles. The van der Waals surface area contributed by atoms with Gasteiger partial charge in [0.15, 0.2) is 5.82 Å². The summed E-state index contributed by atoms with van der Waals surface area (Å²) < 4.78 is 0. The smallest absolute Gasteiger partial charge is 0.176 e. The van der Waals surface area contributed by atoms with Crippen LogP contribution in [0.4, 0.5) is 0 Å². The largest absolute Gasteiger partial charge is 0.330 e. The number of nitrogens with two attached hydrogens (primary N) is 1. The van der Waals surface area contributed by atoms with E-state index in [0.717, 1.165) is 11.3 Å². The minimum Gasteiger partial charge on any atom is -0.330 e. The Kier molecular flexibility index (Phi) is 3.17. The highest BCUT2D eigenvalue weighted by Crippen LogP contribution is 2.20. The summed E-state index contributed by atoms with van der Waals surface area (Å²) >= 11 is 6.02. The molecule has 1 heterocycles. The van der Waals surface area contributed by atoms with Gasteiger partial charge in [-0.2, -0.15) is 0 Å². The van der Waals surface area contributed by atoms with E-state index in [9.17, 15) is 0 Å². The molecule has 84 valence electrons. The Morgan fingerprint density at radius 3 is 3.00 bits per heavy atom. The van der Waals surface area contributed by atoms with Crippen molar-refractivity contribution in [2.24, 2.45) is 5.73 Å². The number of benzene rings is 1. The summed E-state index contributed by atoms with van der Waals surface area (Å²) in [5.74, 6) is 0.641. The number of rotatable bonds is 3. The van der Waals surface area contributed by atoms with E-state index >= 15 is 0 Å². The molecule has 0 bridgehead atoms. The van der Waals surface area contributed by atoms with Crippen LogP contribution >= 0.6 is 11.6 Å². The van der Waals surface area contributed by atoms with Gasteiger partial charge >= 0.3 is 0 Å². The first kappa shape index (κ1) is 11.0. The SMILES string of the molecule is Cc1c(Cl)cccc1-n1nnc(CCN)n1. The van der Waals surface area contributed by atoms with Crippen molar-refractivity contribution >= 4 is 11.6 Å². The molecular formula is C10H12ClN5. The lowest BCUT2D eigenvalue weighted by molar-refractivity contribution is 0.713. The van der Waals surface area contributed by atoms with Gasteiger partial charge < -0.3 is 5.73 Å². The van der Waals surface area contributed by atoms with Gasteiger partial charge in [-0.25, -0.2) is 0 Å². The lowest BCUT2D eigenvalue weighted by Crippen LogP contribution is -2.05. The van der Waals surface area contributed by atoms with E-state index in [1.165, 1.54) is 4.80 Å².